The van der Waals surface area contributed by atoms with Crippen molar-refractivity contribution in [2.75, 3.05) is 10.2 Å². The van der Waals surface area contributed by atoms with E-state index in [2.05, 4.69) is 15.3 Å². The summed E-state index contributed by atoms with van der Waals surface area (Å²) in [7, 11) is 0. The number of carbonyl (C=O) groups excluding carboxylic acids is 2. The van der Waals surface area contributed by atoms with Gasteiger partial charge in [0.15, 0.2) is 0 Å². The van der Waals surface area contributed by atoms with Crippen molar-refractivity contribution in [1.29, 1.82) is 0 Å². The van der Waals surface area contributed by atoms with Gasteiger partial charge >= 0.3 is 6.18 Å². The van der Waals surface area contributed by atoms with Gasteiger partial charge in [0.1, 0.15) is 11.5 Å². The van der Waals surface area contributed by atoms with Gasteiger partial charge in [0, 0.05) is 36.1 Å². The van der Waals surface area contributed by atoms with Gasteiger partial charge in [0.2, 0.25) is 11.8 Å². The monoisotopic (exact) mass is 448 g/mol. The third kappa shape index (κ3) is 5.58. The summed E-state index contributed by atoms with van der Waals surface area (Å²) < 4.78 is 39.0. The van der Waals surface area contributed by atoms with E-state index in [1.165, 1.54) is 31.3 Å². The van der Waals surface area contributed by atoms with Crippen LogP contribution >= 0.6 is 11.6 Å². The maximum atomic E-state index is 13.0. The molecule has 0 aliphatic heterocycles. The molecule has 1 N–H and O–H groups in total. The molecule has 0 unspecified atom stereocenters. The summed E-state index contributed by atoms with van der Waals surface area (Å²) in [4.78, 5) is 32.9. The Morgan fingerprint density at radius 2 is 1.77 bits per heavy atom. The summed E-state index contributed by atoms with van der Waals surface area (Å²) in [6.45, 7) is 1.19. The highest BCUT2D eigenvalue weighted by molar-refractivity contribution is 6.31. The Morgan fingerprint density at radius 3 is 2.45 bits per heavy atom. The Labute approximate surface area is 180 Å². The van der Waals surface area contributed by atoms with Crippen molar-refractivity contribution < 1.29 is 22.8 Å². The average Bonchev–Trinajstić information content (AvgIpc) is 2.69. The minimum atomic E-state index is -4.67. The first kappa shape index (κ1) is 22.2. The molecule has 6 nitrogen and oxygen atoms in total. The fourth-order valence-corrected chi connectivity index (χ4v) is 3.03. The normalized spacial score (nSPS) is 11.1. The quantitative estimate of drug-likeness (QED) is 0.595. The molecule has 2 heterocycles. The van der Waals surface area contributed by atoms with Crippen molar-refractivity contribution in [3.8, 4) is 0 Å². The van der Waals surface area contributed by atoms with Crippen LogP contribution in [0.4, 0.5) is 30.4 Å². The molecular formula is C21H16ClF3N4O2. The number of amides is 2. The lowest BCUT2D eigenvalue weighted by Crippen LogP contribution is -2.25. The summed E-state index contributed by atoms with van der Waals surface area (Å²) in [6, 6.07) is 11.8. The number of pyridine rings is 2. The van der Waals surface area contributed by atoms with Crippen molar-refractivity contribution in [1.82, 2.24) is 9.97 Å². The molecule has 2 aromatic heterocycles. The van der Waals surface area contributed by atoms with Gasteiger partial charge in [-0.15, -0.1) is 0 Å². The number of hydrogen-bond acceptors (Lipinski definition) is 4. The summed E-state index contributed by atoms with van der Waals surface area (Å²) in [5.41, 5.74) is -0.238. The SMILES string of the molecule is CC(=O)N(c1ccnc(C(F)(F)F)c1)c1cc(NC(=O)Cc2ccccc2Cl)ccn1. The Bertz CT molecular complexity index is 1120. The van der Waals surface area contributed by atoms with Crippen LogP contribution in [0.2, 0.25) is 5.02 Å². The third-order valence-corrected chi connectivity index (χ3v) is 4.54. The van der Waals surface area contributed by atoms with Gasteiger partial charge in [0.05, 0.1) is 12.1 Å². The second-order valence-corrected chi connectivity index (χ2v) is 6.88. The van der Waals surface area contributed by atoms with Gasteiger partial charge in [-0.2, -0.15) is 13.2 Å². The number of anilines is 3. The molecule has 1 aromatic carbocycles. The van der Waals surface area contributed by atoms with E-state index in [1.807, 2.05) is 0 Å². The van der Waals surface area contributed by atoms with Crippen LogP contribution in [-0.4, -0.2) is 21.8 Å². The highest BCUT2D eigenvalue weighted by Gasteiger charge is 2.33. The molecule has 10 heteroatoms. The van der Waals surface area contributed by atoms with Gasteiger partial charge in [0.25, 0.3) is 0 Å². The predicted molar refractivity (Wildman–Crippen MR) is 110 cm³/mol. The van der Waals surface area contributed by atoms with Crippen LogP contribution in [0.15, 0.2) is 60.9 Å². The summed E-state index contributed by atoms with van der Waals surface area (Å²) in [5, 5.41) is 3.12. The van der Waals surface area contributed by atoms with E-state index in [4.69, 9.17) is 11.6 Å². The molecule has 0 bridgehead atoms. The number of nitrogens with one attached hydrogen (secondary N) is 1. The van der Waals surface area contributed by atoms with Gasteiger partial charge in [-0.25, -0.2) is 4.98 Å². The second kappa shape index (κ2) is 9.13. The molecule has 0 spiro atoms. The van der Waals surface area contributed by atoms with Crippen LogP contribution in [0.3, 0.4) is 0 Å². The van der Waals surface area contributed by atoms with Gasteiger partial charge in [-0.1, -0.05) is 29.8 Å². The molecule has 2 amide bonds. The number of nitrogens with zero attached hydrogens (tertiary/aromatic N) is 3. The van der Waals surface area contributed by atoms with Crippen molar-refractivity contribution in [3.63, 3.8) is 0 Å². The Hall–Kier alpha value is -3.46. The molecular weight excluding hydrogens is 433 g/mol. The van der Waals surface area contributed by atoms with E-state index in [1.54, 1.807) is 24.3 Å². The zero-order valence-electron chi connectivity index (χ0n) is 16.2. The maximum absolute atomic E-state index is 13.0. The molecule has 0 aliphatic rings. The van der Waals surface area contributed by atoms with Crippen molar-refractivity contribution >= 4 is 40.6 Å². The lowest BCUT2D eigenvalue weighted by atomic mass is 10.1. The second-order valence-electron chi connectivity index (χ2n) is 6.47. The van der Waals surface area contributed by atoms with Crippen molar-refractivity contribution in [2.45, 2.75) is 19.5 Å². The van der Waals surface area contributed by atoms with Crippen LogP contribution in [0.5, 0.6) is 0 Å². The molecule has 31 heavy (non-hydrogen) atoms. The number of carbonyl (C=O) groups is 2. The van der Waals surface area contributed by atoms with Crippen LogP contribution < -0.4 is 10.2 Å². The van der Waals surface area contributed by atoms with E-state index >= 15 is 0 Å². The van der Waals surface area contributed by atoms with E-state index in [0.29, 0.717) is 16.3 Å². The summed E-state index contributed by atoms with van der Waals surface area (Å²) in [5.74, 6) is -0.878. The molecule has 0 saturated heterocycles. The molecule has 0 fully saturated rings. The van der Waals surface area contributed by atoms with Crippen LogP contribution in [0.25, 0.3) is 0 Å². The fourth-order valence-electron chi connectivity index (χ4n) is 2.83. The molecule has 0 atom stereocenters. The number of alkyl halides is 3. The zero-order chi connectivity index (χ0) is 22.6. The van der Waals surface area contributed by atoms with Gasteiger partial charge < -0.3 is 5.32 Å². The number of benzene rings is 1. The van der Waals surface area contributed by atoms with Crippen molar-refractivity contribution in [2.24, 2.45) is 0 Å². The Kier molecular flexibility index (Phi) is 6.55. The molecule has 0 radical (unpaired) electrons. The lowest BCUT2D eigenvalue weighted by Gasteiger charge is -2.21. The Morgan fingerprint density at radius 1 is 1.06 bits per heavy atom. The lowest BCUT2D eigenvalue weighted by molar-refractivity contribution is -0.141. The minimum absolute atomic E-state index is 0.0209. The largest absolute Gasteiger partial charge is 0.433 e. The van der Waals surface area contributed by atoms with E-state index in [9.17, 15) is 22.8 Å². The van der Waals surface area contributed by atoms with E-state index in [0.717, 1.165) is 17.2 Å². The maximum Gasteiger partial charge on any atom is 0.433 e. The highest BCUT2D eigenvalue weighted by atomic mass is 35.5. The molecule has 0 saturated carbocycles. The predicted octanol–water partition coefficient (Wildman–Crippen LogP) is 5.01. The number of hydrogen-bond donors (Lipinski definition) is 1. The number of halogens is 4. The number of aromatic nitrogens is 2. The first-order chi connectivity index (χ1) is 14.6. The van der Waals surface area contributed by atoms with Gasteiger partial charge in [-0.05, 0) is 29.8 Å². The Balaban J connectivity index is 1.85. The van der Waals surface area contributed by atoms with E-state index in [-0.39, 0.29) is 23.8 Å². The first-order valence-electron chi connectivity index (χ1n) is 8.98. The molecule has 0 aliphatic carbocycles. The minimum Gasteiger partial charge on any atom is -0.326 e. The first-order valence-corrected chi connectivity index (χ1v) is 9.36. The number of rotatable bonds is 5. The summed E-state index contributed by atoms with van der Waals surface area (Å²) >= 11 is 6.07. The smallest absolute Gasteiger partial charge is 0.326 e. The fraction of sp³-hybridized carbons (Fsp3) is 0.143. The van der Waals surface area contributed by atoms with Gasteiger partial charge in [-0.3, -0.25) is 19.5 Å². The van der Waals surface area contributed by atoms with Crippen molar-refractivity contribution in [3.05, 3.63) is 77.2 Å². The molecule has 160 valence electrons. The van der Waals surface area contributed by atoms with E-state index < -0.39 is 17.8 Å². The third-order valence-electron chi connectivity index (χ3n) is 4.17. The summed E-state index contributed by atoms with van der Waals surface area (Å²) in [6.07, 6.45) is -2.35. The molecule has 3 rings (SSSR count). The molecule has 3 aromatic rings. The average molecular weight is 449 g/mol. The topological polar surface area (TPSA) is 75.2 Å². The zero-order valence-corrected chi connectivity index (χ0v) is 16.9. The van der Waals surface area contributed by atoms with Crippen LogP contribution in [0, 0.1) is 0 Å². The van der Waals surface area contributed by atoms with Crippen LogP contribution in [0.1, 0.15) is 18.2 Å². The standard InChI is InChI=1S/C21H16ClF3N4O2/c1-13(30)29(16-7-9-26-18(12-16)21(23,24)25)19-11-15(6-8-27-19)28-20(31)10-14-4-2-3-5-17(14)22/h2-9,11-12H,10H2,1H3,(H,27,28,31). The van der Waals surface area contributed by atoms with Crippen LogP contribution in [-0.2, 0) is 22.2 Å². The highest BCUT2D eigenvalue weighted by Crippen LogP contribution is 2.32.